The van der Waals surface area contributed by atoms with Crippen molar-refractivity contribution in [3.05, 3.63) is 0 Å². The van der Waals surface area contributed by atoms with Crippen LogP contribution < -0.4 is 5.73 Å². The first-order valence-corrected chi connectivity index (χ1v) is 6.17. The molecule has 2 N–H and O–H groups in total. The monoisotopic (exact) mass is 313 g/mol. The van der Waals surface area contributed by atoms with Crippen molar-refractivity contribution >= 4 is 24.3 Å². The molecule has 0 spiro atoms. The van der Waals surface area contributed by atoms with Crippen molar-refractivity contribution in [2.75, 3.05) is 0 Å². The van der Waals surface area contributed by atoms with Crippen molar-refractivity contribution < 1.29 is 23.5 Å². The molecule has 5 nitrogen and oxygen atoms in total. The highest BCUT2D eigenvalue weighted by atomic mass is 35.5. The lowest BCUT2D eigenvalue weighted by molar-refractivity contribution is -0.163. The fourth-order valence-electron chi connectivity index (χ4n) is 1.16. The van der Waals surface area contributed by atoms with Gasteiger partial charge < -0.3 is 15.2 Å². The second-order valence-corrected chi connectivity index (χ2v) is 6.38. The third-order valence-electron chi connectivity index (χ3n) is 1.83. The summed E-state index contributed by atoms with van der Waals surface area (Å²) in [7, 11) is 0. The number of ether oxygens (including phenoxy) is 2. The number of esters is 2. The molecule has 0 aromatic heterocycles. The van der Waals surface area contributed by atoms with Crippen molar-refractivity contribution in [1.29, 1.82) is 0 Å². The van der Waals surface area contributed by atoms with E-state index < -0.39 is 41.8 Å². The molecule has 0 heterocycles. The maximum Gasteiger partial charge on any atom is 0.341 e. The first-order valence-electron chi connectivity index (χ1n) is 6.17. The molecular formula is C13H25ClFNO4. The van der Waals surface area contributed by atoms with Crippen molar-refractivity contribution in [1.82, 2.24) is 0 Å². The quantitative estimate of drug-likeness (QED) is 0.805. The first-order chi connectivity index (χ1) is 8.32. The molecule has 0 radical (unpaired) electrons. The Kier molecular flexibility index (Phi) is 8.34. The first kappa shape index (κ1) is 21.4. The summed E-state index contributed by atoms with van der Waals surface area (Å²) in [6, 6.07) is -1.19. The van der Waals surface area contributed by atoms with Gasteiger partial charge in [-0.2, -0.15) is 0 Å². The Bertz CT molecular complexity index is 304. The predicted molar refractivity (Wildman–Crippen MR) is 76.4 cm³/mol. The van der Waals surface area contributed by atoms with E-state index in [9.17, 15) is 14.0 Å². The number of carbonyl (C=O) groups excluding carboxylic acids is 2. The highest BCUT2D eigenvalue weighted by molar-refractivity contribution is 5.85. The number of alkyl halides is 1. The van der Waals surface area contributed by atoms with E-state index in [2.05, 4.69) is 0 Å². The van der Waals surface area contributed by atoms with Crippen LogP contribution in [0.5, 0.6) is 0 Å². The molecule has 0 unspecified atom stereocenters. The molecule has 0 fully saturated rings. The maximum atomic E-state index is 13.6. The number of hydrogen-bond acceptors (Lipinski definition) is 5. The van der Waals surface area contributed by atoms with Crippen LogP contribution in [0.1, 0.15) is 48.0 Å². The van der Waals surface area contributed by atoms with Crippen molar-refractivity contribution in [3.63, 3.8) is 0 Å². The molecule has 7 heteroatoms. The molecule has 20 heavy (non-hydrogen) atoms. The van der Waals surface area contributed by atoms with E-state index in [1.54, 1.807) is 41.5 Å². The Labute approximate surface area is 125 Å². The highest BCUT2D eigenvalue weighted by Gasteiger charge is 2.30. The maximum absolute atomic E-state index is 13.6. The summed E-state index contributed by atoms with van der Waals surface area (Å²) in [5.41, 5.74) is 4.02. The number of halogens is 2. The SMILES string of the molecule is CC(C)(C)OC(=O)[C@H](F)C[C@H](N)C(=O)OC(C)(C)C.Cl. The molecular weight excluding hydrogens is 289 g/mol. The van der Waals surface area contributed by atoms with Gasteiger partial charge in [-0.25, -0.2) is 9.18 Å². The Morgan fingerprint density at radius 2 is 1.35 bits per heavy atom. The van der Waals surface area contributed by atoms with Crippen LogP contribution in [0, 0.1) is 0 Å². The molecule has 0 aliphatic rings. The second-order valence-electron chi connectivity index (χ2n) is 6.38. The van der Waals surface area contributed by atoms with Gasteiger partial charge >= 0.3 is 11.9 Å². The smallest absolute Gasteiger partial charge is 0.341 e. The average molecular weight is 314 g/mol. The van der Waals surface area contributed by atoms with Gasteiger partial charge in [0.05, 0.1) is 0 Å². The normalized spacial score (nSPS) is 14.8. The Hall–Kier alpha value is -0.880. The average Bonchev–Trinajstić information content (AvgIpc) is 2.11. The predicted octanol–water partition coefficient (Wildman–Crippen LogP) is 2.15. The summed E-state index contributed by atoms with van der Waals surface area (Å²) in [5.74, 6) is -1.76. The molecule has 0 amide bonds. The van der Waals surface area contributed by atoms with Crippen molar-refractivity contribution in [2.24, 2.45) is 5.73 Å². The van der Waals surface area contributed by atoms with Gasteiger partial charge in [-0.05, 0) is 41.5 Å². The van der Waals surface area contributed by atoms with Crippen LogP contribution in [0.25, 0.3) is 0 Å². The van der Waals surface area contributed by atoms with E-state index in [1.807, 2.05) is 0 Å². The van der Waals surface area contributed by atoms with Crippen LogP contribution in [0.3, 0.4) is 0 Å². The fraction of sp³-hybridized carbons (Fsp3) is 0.846. The zero-order chi connectivity index (χ0) is 15.4. The lowest BCUT2D eigenvalue weighted by atomic mass is 10.1. The Morgan fingerprint density at radius 1 is 1.00 bits per heavy atom. The molecule has 0 aromatic carbocycles. The van der Waals surface area contributed by atoms with Gasteiger partial charge in [0.2, 0.25) is 0 Å². The molecule has 2 atom stereocenters. The molecule has 0 aliphatic heterocycles. The van der Waals surface area contributed by atoms with Gasteiger partial charge in [0, 0.05) is 6.42 Å². The van der Waals surface area contributed by atoms with E-state index in [0.29, 0.717) is 0 Å². The summed E-state index contributed by atoms with van der Waals surface area (Å²) in [6.45, 7) is 9.93. The number of hydrogen-bond donors (Lipinski definition) is 1. The van der Waals surface area contributed by atoms with E-state index >= 15 is 0 Å². The van der Waals surface area contributed by atoms with E-state index in [1.165, 1.54) is 0 Å². The minimum Gasteiger partial charge on any atom is -0.459 e. The molecule has 120 valence electrons. The summed E-state index contributed by atoms with van der Waals surface area (Å²) in [4.78, 5) is 22.9. The van der Waals surface area contributed by atoms with Crippen molar-refractivity contribution in [2.45, 2.75) is 71.4 Å². The van der Waals surface area contributed by atoms with Gasteiger partial charge in [0.1, 0.15) is 17.2 Å². The summed E-state index contributed by atoms with van der Waals surface area (Å²) >= 11 is 0. The molecule has 0 saturated carbocycles. The largest absolute Gasteiger partial charge is 0.459 e. The van der Waals surface area contributed by atoms with Crippen molar-refractivity contribution in [3.8, 4) is 0 Å². The Balaban J connectivity index is 0. The Morgan fingerprint density at radius 3 is 1.70 bits per heavy atom. The van der Waals surface area contributed by atoms with E-state index in [-0.39, 0.29) is 12.4 Å². The third-order valence-corrected chi connectivity index (χ3v) is 1.83. The number of carbonyl (C=O) groups is 2. The van der Waals surface area contributed by atoms with E-state index in [0.717, 1.165) is 0 Å². The zero-order valence-electron chi connectivity index (χ0n) is 12.9. The molecule has 0 aromatic rings. The van der Waals surface area contributed by atoms with Gasteiger partial charge in [0.25, 0.3) is 0 Å². The summed E-state index contributed by atoms with van der Waals surface area (Å²) < 4.78 is 23.5. The summed E-state index contributed by atoms with van der Waals surface area (Å²) in [5, 5.41) is 0. The fourth-order valence-corrected chi connectivity index (χ4v) is 1.16. The summed E-state index contributed by atoms with van der Waals surface area (Å²) in [6.07, 6.45) is -2.40. The molecule has 0 bridgehead atoms. The van der Waals surface area contributed by atoms with Crippen LogP contribution in [0.2, 0.25) is 0 Å². The van der Waals surface area contributed by atoms with Crippen LogP contribution in [-0.4, -0.2) is 35.4 Å². The van der Waals surface area contributed by atoms with Gasteiger partial charge in [0.15, 0.2) is 6.17 Å². The van der Waals surface area contributed by atoms with E-state index in [4.69, 9.17) is 15.2 Å². The molecule has 0 saturated heterocycles. The minimum absolute atomic E-state index is 0. The van der Waals surface area contributed by atoms with Gasteiger partial charge in [-0.1, -0.05) is 0 Å². The highest BCUT2D eigenvalue weighted by Crippen LogP contribution is 2.14. The second kappa shape index (κ2) is 7.78. The zero-order valence-corrected chi connectivity index (χ0v) is 13.7. The topological polar surface area (TPSA) is 78.6 Å². The minimum atomic E-state index is -1.94. The standard InChI is InChI=1S/C13H24FNO4.ClH/c1-12(2,3)18-10(16)8(14)7-9(15)11(17)19-13(4,5)6;/h8-9H,7,15H2,1-6H3;1H/t8-,9+;/m1./s1. The van der Waals surface area contributed by atoms with Crippen LogP contribution in [0.4, 0.5) is 4.39 Å². The molecule has 0 aliphatic carbocycles. The third kappa shape index (κ3) is 9.97. The van der Waals surface area contributed by atoms with Crippen LogP contribution in [0.15, 0.2) is 0 Å². The van der Waals surface area contributed by atoms with Crippen LogP contribution in [-0.2, 0) is 19.1 Å². The lowest BCUT2D eigenvalue weighted by Crippen LogP contribution is -2.41. The van der Waals surface area contributed by atoms with Gasteiger partial charge in [-0.3, -0.25) is 4.79 Å². The molecule has 0 rings (SSSR count). The number of nitrogens with two attached hydrogens (primary N) is 1. The lowest BCUT2D eigenvalue weighted by Gasteiger charge is -2.24. The number of rotatable bonds is 4. The van der Waals surface area contributed by atoms with Crippen LogP contribution >= 0.6 is 12.4 Å². The van der Waals surface area contributed by atoms with Gasteiger partial charge in [-0.15, -0.1) is 12.4 Å².